The number of ether oxygens (including phenoxy) is 4. The number of carbonyl (C=O) groups excluding carboxylic acids is 1. The molecule has 0 amide bonds. The van der Waals surface area contributed by atoms with Gasteiger partial charge in [-0.05, 0) is 40.2 Å². The first kappa shape index (κ1) is 22.4. The van der Waals surface area contributed by atoms with Gasteiger partial charge in [-0.1, -0.05) is 19.7 Å². The predicted molar refractivity (Wildman–Crippen MR) is 95.7 cm³/mol. The minimum Gasteiger partial charge on any atom is -0.494 e. The predicted octanol–water partition coefficient (Wildman–Crippen LogP) is 3.80. The van der Waals surface area contributed by atoms with Crippen LogP contribution in [0.4, 0.5) is 0 Å². The van der Waals surface area contributed by atoms with Crippen molar-refractivity contribution in [2.75, 3.05) is 26.4 Å². The van der Waals surface area contributed by atoms with Crippen molar-refractivity contribution < 1.29 is 23.7 Å². The van der Waals surface area contributed by atoms with Gasteiger partial charge in [-0.25, -0.2) is 4.79 Å². The van der Waals surface area contributed by atoms with Crippen LogP contribution in [0.3, 0.4) is 0 Å². The summed E-state index contributed by atoms with van der Waals surface area (Å²) in [5.41, 5.74) is -0.651. The number of hydrogen-bond donors (Lipinski definition) is 0. The Bertz CT molecular complexity index is 423. The lowest BCUT2D eigenvalue weighted by Crippen LogP contribution is -2.32. The molecule has 0 saturated carbocycles. The topological polar surface area (TPSA) is 54.0 Å². The fourth-order valence-electron chi connectivity index (χ4n) is 1.72. The summed E-state index contributed by atoms with van der Waals surface area (Å²) in [6.45, 7) is 20.3. The molecule has 0 aliphatic heterocycles. The molecule has 0 aliphatic rings. The normalized spacial score (nSPS) is 11.7. The van der Waals surface area contributed by atoms with Crippen LogP contribution in [-0.4, -0.2) is 43.6 Å². The lowest BCUT2D eigenvalue weighted by atomic mass is 10.0. The summed E-state index contributed by atoms with van der Waals surface area (Å²) in [5, 5.41) is 0. The molecule has 0 rings (SSSR count). The fourth-order valence-corrected chi connectivity index (χ4v) is 1.72. The first-order valence-corrected chi connectivity index (χ1v) is 8.13. The van der Waals surface area contributed by atoms with E-state index in [0.29, 0.717) is 25.6 Å². The van der Waals surface area contributed by atoms with Crippen molar-refractivity contribution in [1.29, 1.82) is 0 Å². The van der Waals surface area contributed by atoms with Gasteiger partial charge in [-0.2, -0.15) is 0 Å². The molecule has 0 N–H and O–H groups in total. The van der Waals surface area contributed by atoms with Gasteiger partial charge in [0.05, 0.1) is 31.0 Å². The van der Waals surface area contributed by atoms with Gasteiger partial charge in [-0.3, -0.25) is 0 Å². The molecule has 24 heavy (non-hydrogen) atoms. The van der Waals surface area contributed by atoms with Crippen molar-refractivity contribution in [3.63, 3.8) is 0 Å². The molecular weight excluding hydrogens is 308 g/mol. The minimum atomic E-state index is -0.442. The van der Waals surface area contributed by atoms with Crippen molar-refractivity contribution in [3.8, 4) is 0 Å². The third-order valence-electron chi connectivity index (χ3n) is 3.40. The molecule has 0 spiro atoms. The molecule has 0 heterocycles. The van der Waals surface area contributed by atoms with E-state index in [1.807, 2.05) is 27.7 Å². The molecule has 138 valence electrons. The monoisotopic (exact) mass is 340 g/mol. The molecule has 0 fully saturated rings. The average Bonchev–Trinajstić information content (AvgIpc) is 2.50. The second kappa shape index (κ2) is 11.0. The first-order chi connectivity index (χ1) is 11.1. The van der Waals surface area contributed by atoms with Crippen LogP contribution in [0, 0.1) is 0 Å². The highest BCUT2D eigenvalue weighted by Crippen LogP contribution is 2.20. The zero-order chi connectivity index (χ0) is 18.6. The zero-order valence-corrected chi connectivity index (χ0v) is 15.6. The van der Waals surface area contributed by atoms with Gasteiger partial charge >= 0.3 is 5.97 Å². The van der Waals surface area contributed by atoms with Crippen LogP contribution in [0.1, 0.15) is 40.5 Å². The van der Waals surface area contributed by atoms with Crippen molar-refractivity contribution >= 4 is 5.97 Å². The summed E-state index contributed by atoms with van der Waals surface area (Å²) in [6, 6.07) is 0. The van der Waals surface area contributed by atoms with Gasteiger partial charge in [0, 0.05) is 12.5 Å². The Hall–Kier alpha value is -1.59. The van der Waals surface area contributed by atoms with E-state index < -0.39 is 5.97 Å². The lowest BCUT2D eigenvalue weighted by Gasteiger charge is -2.29. The van der Waals surface area contributed by atoms with Crippen LogP contribution in [-0.2, 0) is 23.7 Å². The maximum atomic E-state index is 10.9. The van der Waals surface area contributed by atoms with Gasteiger partial charge in [0.1, 0.15) is 12.4 Å². The van der Waals surface area contributed by atoms with E-state index in [0.717, 1.165) is 18.9 Å². The first-order valence-electron chi connectivity index (χ1n) is 8.13. The molecule has 0 aromatic carbocycles. The van der Waals surface area contributed by atoms with Crippen molar-refractivity contribution in [1.82, 2.24) is 0 Å². The molecule has 0 aromatic heterocycles. The third-order valence-corrected chi connectivity index (χ3v) is 3.40. The maximum Gasteiger partial charge on any atom is 0.330 e. The van der Waals surface area contributed by atoms with Crippen LogP contribution >= 0.6 is 0 Å². The molecule has 0 aliphatic carbocycles. The Labute approximate surface area is 146 Å². The van der Waals surface area contributed by atoms with Crippen LogP contribution in [0.5, 0.6) is 0 Å². The Balaban J connectivity index is 3.95. The SMILES string of the molecule is C=CC(=C)OCCC(C)(C)OCCC(C)(C)OCCOC(=O)C=C. The van der Waals surface area contributed by atoms with Crippen LogP contribution in [0.15, 0.2) is 37.6 Å². The van der Waals surface area contributed by atoms with Gasteiger partial charge in [-0.15, -0.1) is 0 Å². The Morgan fingerprint density at radius 2 is 1.38 bits per heavy atom. The lowest BCUT2D eigenvalue weighted by molar-refractivity contribution is -0.142. The van der Waals surface area contributed by atoms with Crippen molar-refractivity contribution in [2.45, 2.75) is 51.7 Å². The smallest absolute Gasteiger partial charge is 0.330 e. The second-order valence-corrected chi connectivity index (χ2v) is 6.61. The van der Waals surface area contributed by atoms with E-state index >= 15 is 0 Å². The van der Waals surface area contributed by atoms with Gasteiger partial charge in [0.15, 0.2) is 0 Å². The zero-order valence-electron chi connectivity index (χ0n) is 15.6. The highest BCUT2D eigenvalue weighted by atomic mass is 16.6. The summed E-state index contributed by atoms with van der Waals surface area (Å²) in [5.74, 6) is 0.125. The number of allylic oxidation sites excluding steroid dienone is 1. The summed E-state index contributed by atoms with van der Waals surface area (Å²) < 4.78 is 21.9. The molecule has 0 bridgehead atoms. The van der Waals surface area contributed by atoms with Gasteiger partial charge in [0.25, 0.3) is 0 Å². The maximum absolute atomic E-state index is 10.9. The number of esters is 1. The molecule has 0 aromatic rings. The second-order valence-electron chi connectivity index (χ2n) is 6.61. The van der Waals surface area contributed by atoms with Crippen LogP contribution in [0.2, 0.25) is 0 Å². The Kier molecular flexibility index (Phi) is 10.3. The fraction of sp³-hybridized carbons (Fsp3) is 0.632. The Morgan fingerprint density at radius 1 is 0.833 bits per heavy atom. The summed E-state index contributed by atoms with van der Waals surface area (Å²) in [7, 11) is 0. The quantitative estimate of drug-likeness (QED) is 0.158. The van der Waals surface area contributed by atoms with E-state index in [-0.39, 0.29) is 17.8 Å². The summed E-state index contributed by atoms with van der Waals surface area (Å²) >= 11 is 0. The molecule has 5 nitrogen and oxygen atoms in total. The molecule has 0 atom stereocenters. The molecule has 0 unspecified atom stereocenters. The van der Waals surface area contributed by atoms with E-state index in [1.54, 1.807) is 6.08 Å². The van der Waals surface area contributed by atoms with Crippen LogP contribution in [0.25, 0.3) is 0 Å². The molecule has 0 saturated heterocycles. The third kappa shape index (κ3) is 11.9. The highest BCUT2D eigenvalue weighted by molar-refractivity contribution is 5.81. The number of hydrogen-bond acceptors (Lipinski definition) is 5. The van der Waals surface area contributed by atoms with Crippen molar-refractivity contribution in [3.05, 3.63) is 37.6 Å². The molecule has 0 radical (unpaired) electrons. The largest absolute Gasteiger partial charge is 0.494 e. The van der Waals surface area contributed by atoms with E-state index in [9.17, 15) is 4.79 Å². The highest BCUT2D eigenvalue weighted by Gasteiger charge is 2.23. The molecule has 5 heteroatoms. The number of carbonyl (C=O) groups is 1. The molecular formula is C19H32O5. The van der Waals surface area contributed by atoms with Crippen LogP contribution < -0.4 is 0 Å². The summed E-state index contributed by atoms with van der Waals surface area (Å²) in [4.78, 5) is 10.9. The van der Waals surface area contributed by atoms with E-state index in [4.69, 9.17) is 18.9 Å². The van der Waals surface area contributed by atoms with E-state index in [1.165, 1.54) is 0 Å². The number of rotatable bonds is 14. The Morgan fingerprint density at radius 3 is 1.92 bits per heavy atom. The van der Waals surface area contributed by atoms with Crippen molar-refractivity contribution in [2.24, 2.45) is 0 Å². The minimum absolute atomic E-state index is 0.213. The van der Waals surface area contributed by atoms with E-state index in [2.05, 4.69) is 19.7 Å². The average molecular weight is 340 g/mol. The van der Waals surface area contributed by atoms with Gasteiger partial charge in [0.2, 0.25) is 0 Å². The standard InChI is InChI=1S/C19H32O5/c1-8-16(3)21-12-10-18(4,5)23-13-11-19(6,7)24-15-14-22-17(20)9-2/h8-9H,1-3,10-15H2,4-7H3. The summed E-state index contributed by atoms with van der Waals surface area (Å²) in [6.07, 6.45) is 4.19. The van der Waals surface area contributed by atoms with Gasteiger partial charge < -0.3 is 18.9 Å².